The van der Waals surface area contributed by atoms with Crippen molar-refractivity contribution in [3.8, 4) is 5.75 Å². The summed E-state index contributed by atoms with van der Waals surface area (Å²) >= 11 is 5.93. The number of benzene rings is 3. The lowest BCUT2D eigenvalue weighted by Crippen LogP contribution is -2.52. The zero-order chi connectivity index (χ0) is 23.6. The van der Waals surface area contributed by atoms with Gasteiger partial charge >= 0.3 is 0 Å². The molecule has 6 heteroatoms. The number of nitrogens with one attached hydrogen (secondary N) is 1. The highest BCUT2D eigenvalue weighted by Gasteiger charge is 2.31. The molecule has 172 valence electrons. The molecule has 3 aromatic rings. The highest BCUT2D eigenvalue weighted by Crippen LogP contribution is 2.18. The molecule has 0 aliphatic rings. The molecule has 2 amide bonds. The monoisotopic (exact) mass is 464 g/mol. The van der Waals surface area contributed by atoms with E-state index in [0.717, 1.165) is 11.1 Å². The minimum absolute atomic E-state index is 0.0465. The Labute approximate surface area is 200 Å². The standard InChI is InChI=1S/C27H29ClN2O3/c1-20(2)29-27(32)25(17-21-9-5-3-6-10-21)30(18-22-11-7-4-8-12-22)26(31)19-33-24-15-13-23(28)14-16-24/h3-16,20,25H,17-19H2,1-2H3,(H,29,32)/t25-/m1/s1. The Bertz CT molecular complexity index is 1020. The molecule has 0 saturated heterocycles. The summed E-state index contributed by atoms with van der Waals surface area (Å²) in [4.78, 5) is 28.3. The summed E-state index contributed by atoms with van der Waals surface area (Å²) in [5, 5.41) is 3.57. The molecule has 0 aliphatic carbocycles. The van der Waals surface area contributed by atoms with Crippen molar-refractivity contribution in [1.29, 1.82) is 0 Å². The van der Waals surface area contributed by atoms with Gasteiger partial charge in [-0.2, -0.15) is 0 Å². The molecule has 0 aromatic heterocycles. The number of nitrogens with zero attached hydrogens (tertiary/aromatic N) is 1. The Hall–Kier alpha value is -3.31. The van der Waals surface area contributed by atoms with Crippen LogP contribution < -0.4 is 10.1 Å². The zero-order valence-corrected chi connectivity index (χ0v) is 19.7. The Kier molecular flexibility index (Phi) is 8.90. The topological polar surface area (TPSA) is 58.6 Å². The van der Waals surface area contributed by atoms with Gasteiger partial charge in [0, 0.05) is 24.0 Å². The molecule has 0 radical (unpaired) electrons. The number of rotatable bonds is 10. The molecule has 0 aliphatic heterocycles. The molecule has 1 atom stereocenters. The number of halogens is 1. The normalized spacial score (nSPS) is 11.6. The van der Waals surface area contributed by atoms with E-state index in [1.54, 1.807) is 29.2 Å². The highest BCUT2D eigenvalue weighted by molar-refractivity contribution is 6.30. The SMILES string of the molecule is CC(C)NC(=O)[C@@H](Cc1ccccc1)N(Cc1ccccc1)C(=O)COc1ccc(Cl)cc1. The fourth-order valence-corrected chi connectivity index (χ4v) is 3.60. The van der Waals surface area contributed by atoms with Crippen LogP contribution in [0.5, 0.6) is 5.75 Å². The molecule has 0 unspecified atom stereocenters. The van der Waals surface area contributed by atoms with Crippen LogP contribution in [0.4, 0.5) is 0 Å². The quantitative estimate of drug-likeness (QED) is 0.465. The molecule has 0 fully saturated rings. The van der Waals surface area contributed by atoms with E-state index in [2.05, 4.69) is 5.32 Å². The number of carbonyl (C=O) groups excluding carboxylic acids is 2. The van der Waals surface area contributed by atoms with Crippen molar-refractivity contribution in [1.82, 2.24) is 10.2 Å². The van der Waals surface area contributed by atoms with E-state index in [-0.39, 0.29) is 24.5 Å². The van der Waals surface area contributed by atoms with Crippen LogP contribution in [0.1, 0.15) is 25.0 Å². The molecule has 0 saturated carbocycles. The Balaban J connectivity index is 1.87. The number of hydrogen-bond acceptors (Lipinski definition) is 3. The molecule has 1 N–H and O–H groups in total. The van der Waals surface area contributed by atoms with Crippen LogP contribution in [-0.4, -0.2) is 35.4 Å². The lowest BCUT2D eigenvalue weighted by molar-refractivity contribution is -0.143. The molecule has 0 spiro atoms. The van der Waals surface area contributed by atoms with Crippen LogP contribution in [-0.2, 0) is 22.6 Å². The summed E-state index contributed by atoms with van der Waals surface area (Å²) in [5.41, 5.74) is 1.92. The van der Waals surface area contributed by atoms with Crippen molar-refractivity contribution < 1.29 is 14.3 Å². The number of ether oxygens (including phenoxy) is 1. The summed E-state index contributed by atoms with van der Waals surface area (Å²) in [6.07, 6.45) is 0.402. The van der Waals surface area contributed by atoms with E-state index >= 15 is 0 Å². The lowest BCUT2D eigenvalue weighted by Gasteiger charge is -2.32. The second-order valence-electron chi connectivity index (χ2n) is 8.12. The van der Waals surface area contributed by atoms with Crippen molar-refractivity contribution in [2.24, 2.45) is 0 Å². The van der Waals surface area contributed by atoms with Gasteiger partial charge in [-0.15, -0.1) is 0 Å². The van der Waals surface area contributed by atoms with E-state index in [1.807, 2.05) is 74.5 Å². The van der Waals surface area contributed by atoms with E-state index in [0.29, 0.717) is 23.7 Å². The van der Waals surface area contributed by atoms with E-state index < -0.39 is 6.04 Å². The second-order valence-corrected chi connectivity index (χ2v) is 8.56. The molecule has 0 heterocycles. The third-order valence-corrected chi connectivity index (χ3v) is 5.33. The number of hydrogen-bond donors (Lipinski definition) is 1. The molecule has 3 rings (SSSR count). The van der Waals surface area contributed by atoms with Crippen molar-refractivity contribution in [3.05, 3.63) is 101 Å². The molecule has 3 aromatic carbocycles. The van der Waals surface area contributed by atoms with Crippen LogP contribution in [0.3, 0.4) is 0 Å². The van der Waals surface area contributed by atoms with Crippen LogP contribution in [0, 0.1) is 0 Å². The molecule has 0 bridgehead atoms. The van der Waals surface area contributed by atoms with Crippen LogP contribution in [0.25, 0.3) is 0 Å². The van der Waals surface area contributed by atoms with Gasteiger partial charge in [0.2, 0.25) is 5.91 Å². The van der Waals surface area contributed by atoms with Crippen molar-refractivity contribution >= 4 is 23.4 Å². The molecule has 33 heavy (non-hydrogen) atoms. The first kappa shape index (κ1) is 24.3. The highest BCUT2D eigenvalue weighted by atomic mass is 35.5. The van der Waals surface area contributed by atoms with Crippen molar-refractivity contribution in [2.75, 3.05) is 6.61 Å². The van der Waals surface area contributed by atoms with Gasteiger partial charge in [0.25, 0.3) is 5.91 Å². The number of carbonyl (C=O) groups is 2. The van der Waals surface area contributed by atoms with Crippen molar-refractivity contribution in [3.63, 3.8) is 0 Å². The van der Waals surface area contributed by atoms with E-state index in [1.165, 1.54) is 0 Å². The summed E-state index contributed by atoms with van der Waals surface area (Å²) in [6, 6.07) is 25.5. The number of amides is 2. The molecular formula is C27H29ClN2O3. The average molecular weight is 465 g/mol. The summed E-state index contributed by atoms with van der Waals surface area (Å²) in [5.74, 6) is 0.0805. The van der Waals surface area contributed by atoms with Crippen LogP contribution >= 0.6 is 11.6 Å². The largest absolute Gasteiger partial charge is 0.484 e. The minimum Gasteiger partial charge on any atom is -0.484 e. The summed E-state index contributed by atoms with van der Waals surface area (Å²) in [7, 11) is 0. The molecular weight excluding hydrogens is 436 g/mol. The third-order valence-electron chi connectivity index (χ3n) is 5.07. The maximum absolute atomic E-state index is 13.4. The first-order valence-electron chi connectivity index (χ1n) is 11.0. The fourth-order valence-electron chi connectivity index (χ4n) is 3.47. The maximum Gasteiger partial charge on any atom is 0.261 e. The Morgan fingerprint density at radius 1 is 0.879 bits per heavy atom. The van der Waals surface area contributed by atoms with Gasteiger partial charge in [-0.3, -0.25) is 9.59 Å². The van der Waals surface area contributed by atoms with Gasteiger partial charge in [-0.25, -0.2) is 0 Å². The third kappa shape index (κ3) is 7.65. The second kappa shape index (κ2) is 12.1. The van der Waals surface area contributed by atoms with Gasteiger partial charge in [-0.1, -0.05) is 72.3 Å². The smallest absolute Gasteiger partial charge is 0.261 e. The predicted molar refractivity (Wildman–Crippen MR) is 131 cm³/mol. The molecule has 5 nitrogen and oxygen atoms in total. The minimum atomic E-state index is -0.684. The lowest BCUT2D eigenvalue weighted by atomic mass is 10.0. The maximum atomic E-state index is 13.4. The van der Waals surface area contributed by atoms with Crippen LogP contribution in [0.15, 0.2) is 84.9 Å². The zero-order valence-electron chi connectivity index (χ0n) is 18.9. The fraction of sp³-hybridized carbons (Fsp3) is 0.259. The average Bonchev–Trinajstić information content (AvgIpc) is 2.81. The van der Waals surface area contributed by atoms with Gasteiger partial charge in [0.15, 0.2) is 6.61 Å². The van der Waals surface area contributed by atoms with Gasteiger partial charge in [0.05, 0.1) is 0 Å². The van der Waals surface area contributed by atoms with Gasteiger partial charge < -0.3 is 15.0 Å². The van der Waals surface area contributed by atoms with Gasteiger partial charge in [-0.05, 0) is 49.2 Å². The van der Waals surface area contributed by atoms with E-state index in [9.17, 15) is 9.59 Å². The van der Waals surface area contributed by atoms with Crippen molar-refractivity contribution in [2.45, 2.75) is 38.9 Å². The Morgan fingerprint density at radius 3 is 2.03 bits per heavy atom. The first-order chi connectivity index (χ1) is 15.9. The predicted octanol–water partition coefficient (Wildman–Crippen LogP) is 4.88. The van der Waals surface area contributed by atoms with Gasteiger partial charge in [0.1, 0.15) is 11.8 Å². The first-order valence-corrected chi connectivity index (χ1v) is 11.4. The van der Waals surface area contributed by atoms with E-state index in [4.69, 9.17) is 16.3 Å². The summed E-state index contributed by atoms with van der Waals surface area (Å²) < 4.78 is 5.72. The summed E-state index contributed by atoms with van der Waals surface area (Å²) in [6.45, 7) is 3.93. The Morgan fingerprint density at radius 2 is 1.45 bits per heavy atom. The van der Waals surface area contributed by atoms with Crippen LogP contribution in [0.2, 0.25) is 5.02 Å².